The molecule has 1 aromatic heterocycles. The lowest BCUT2D eigenvalue weighted by Gasteiger charge is -2.09. The normalized spacial score (nSPS) is 12.6. The summed E-state index contributed by atoms with van der Waals surface area (Å²) in [6.45, 7) is 1.94. The molecule has 0 aliphatic rings. The monoisotopic (exact) mass is 238 g/mol. The molecule has 16 heavy (non-hydrogen) atoms. The molecular formula is C10H10N2O3S. The number of hydrogen-bond acceptors (Lipinski definition) is 6. The van der Waals surface area contributed by atoms with E-state index in [-0.39, 0.29) is 6.61 Å². The van der Waals surface area contributed by atoms with Crippen LogP contribution >= 0.6 is 11.5 Å². The predicted octanol–water partition coefficient (Wildman–Crippen LogP) is 1.29. The van der Waals surface area contributed by atoms with Crippen LogP contribution in [0.25, 0.3) is 10.2 Å². The van der Waals surface area contributed by atoms with E-state index in [1.165, 1.54) is 11.5 Å². The van der Waals surface area contributed by atoms with Gasteiger partial charge in [0.1, 0.15) is 5.52 Å². The molecule has 1 N–H and O–H groups in total. The van der Waals surface area contributed by atoms with E-state index in [1.807, 2.05) is 0 Å². The third-order valence-corrected chi connectivity index (χ3v) is 2.80. The van der Waals surface area contributed by atoms with E-state index in [0.29, 0.717) is 11.1 Å². The number of nitrogens with zero attached hydrogens (tertiary/aromatic N) is 2. The Kier molecular flexibility index (Phi) is 3.12. The molecule has 0 aliphatic heterocycles. The average Bonchev–Trinajstić information content (AvgIpc) is 2.75. The second kappa shape index (κ2) is 4.54. The summed E-state index contributed by atoms with van der Waals surface area (Å²) in [5, 5.41) is 13.6. The van der Waals surface area contributed by atoms with E-state index >= 15 is 0 Å². The van der Waals surface area contributed by atoms with Crippen molar-refractivity contribution in [2.45, 2.75) is 13.0 Å². The van der Waals surface area contributed by atoms with Crippen LogP contribution in [0.1, 0.15) is 18.6 Å². The number of aliphatic hydroxyl groups is 1. The van der Waals surface area contributed by atoms with Crippen LogP contribution in [-0.4, -0.2) is 27.3 Å². The molecule has 0 aliphatic carbocycles. The fourth-order valence-corrected chi connectivity index (χ4v) is 1.86. The summed E-state index contributed by atoms with van der Waals surface area (Å²) < 4.78 is 9.42. The van der Waals surface area contributed by atoms with Gasteiger partial charge >= 0.3 is 5.97 Å². The molecule has 0 saturated heterocycles. The first-order valence-electron chi connectivity index (χ1n) is 4.79. The molecule has 2 rings (SSSR count). The second-order valence-corrected chi connectivity index (χ2v) is 3.94. The van der Waals surface area contributed by atoms with Crippen LogP contribution in [-0.2, 0) is 9.53 Å². The van der Waals surface area contributed by atoms with Gasteiger partial charge in [0.2, 0.25) is 0 Å². The van der Waals surface area contributed by atoms with E-state index in [2.05, 4.69) is 9.59 Å². The number of carbonyl (C=O) groups excluding carboxylic acids is 1. The second-order valence-electron chi connectivity index (χ2n) is 3.15. The summed E-state index contributed by atoms with van der Waals surface area (Å²) >= 11 is 1.27. The summed E-state index contributed by atoms with van der Waals surface area (Å²) in [6.07, 6.45) is -1.26. The minimum atomic E-state index is -1.26. The summed E-state index contributed by atoms with van der Waals surface area (Å²) in [5.74, 6) is -0.648. The van der Waals surface area contributed by atoms with E-state index in [9.17, 15) is 9.90 Å². The summed E-state index contributed by atoms with van der Waals surface area (Å²) in [4.78, 5) is 11.3. The number of hydrogen-bond donors (Lipinski definition) is 1. The molecule has 0 amide bonds. The molecule has 0 bridgehead atoms. The Balaban J connectivity index is 2.28. The van der Waals surface area contributed by atoms with Crippen molar-refractivity contribution >= 4 is 27.7 Å². The molecule has 0 radical (unpaired) electrons. The maximum atomic E-state index is 11.3. The molecule has 1 aromatic carbocycles. The third kappa shape index (κ3) is 2.02. The molecule has 2 aromatic rings. The van der Waals surface area contributed by atoms with Crippen LogP contribution in [0.15, 0.2) is 18.2 Å². The highest BCUT2D eigenvalue weighted by molar-refractivity contribution is 7.12. The smallest absolute Gasteiger partial charge is 0.339 e. The number of aliphatic hydroxyl groups excluding tert-OH is 1. The lowest BCUT2D eigenvalue weighted by atomic mass is 10.1. The zero-order chi connectivity index (χ0) is 11.5. The van der Waals surface area contributed by atoms with Gasteiger partial charge in [-0.2, -0.15) is 0 Å². The Morgan fingerprint density at radius 1 is 1.62 bits per heavy atom. The van der Waals surface area contributed by atoms with Gasteiger partial charge < -0.3 is 9.84 Å². The number of ether oxygens (including phenoxy) is 1. The number of rotatable bonds is 3. The molecule has 0 spiro atoms. The number of esters is 1. The Labute approximate surface area is 95.8 Å². The summed E-state index contributed by atoms with van der Waals surface area (Å²) in [5.41, 5.74) is 1.14. The number of aromatic nitrogens is 2. The van der Waals surface area contributed by atoms with Crippen molar-refractivity contribution in [3.63, 3.8) is 0 Å². The molecule has 84 valence electrons. The fourth-order valence-electron chi connectivity index (χ4n) is 1.33. The quantitative estimate of drug-likeness (QED) is 0.816. The Bertz CT molecular complexity index is 511. The van der Waals surface area contributed by atoms with Gasteiger partial charge in [-0.1, -0.05) is 10.6 Å². The number of benzene rings is 1. The van der Waals surface area contributed by atoms with Crippen LogP contribution < -0.4 is 0 Å². The number of fused-ring (bicyclic) bond motifs is 1. The molecule has 5 nitrogen and oxygen atoms in total. The van der Waals surface area contributed by atoms with Gasteiger partial charge in [0.15, 0.2) is 6.10 Å². The first kappa shape index (κ1) is 11.0. The molecule has 1 atom stereocenters. The molecule has 1 heterocycles. The van der Waals surface area contributed by atoms with Crippen LogP contribution in [0.4, 0.5) is 0 Å². The van der Waals surface area contributed by atoms with Gasteiger partial charge in [-0.25, -0.2) is 4.79 Å². The van der Waals surface area contributed by atoms with Gasteiger partial charge in [0.05, 0.1) is 11.3 Å². The van der Waals surface area contributed by atoms with Crippen molar-refractivity contribution in [3.8, 4) is 0 Å². The molecule has 6 heteroatoms. The van der Waals surface area contributed by atoms with E-state index < -0.39 is 12.1 Å². The van der Waals surface area contributed by atoms with Crippen LogP contribution in [0, 0.1) is 0 Å². The van der Waals surface area contributed by atoms with Crippen LogP contribution in [0.5, 0.6) is 0 Å². The van der Waals surface area contributed by atoms with Gasteiger partial charge in [0, 0.05) is 0 Å². The lowest BCUT2D eigenvalue weighted by molar-refractivity contribution is -0.153. The summed E-state index contributed by atoms with van der Waals surface area (Å²) in [7, 11) is 0. The highest BCUT2D eigenvalue weighted by Gasteiger charge is 2.19. The molecule has 0 saturated carbocycles. The topological polar surface area (TPSA) is 72.3 Å². The molecule has 1 unspecified atom stereocenters. The van der Waals surface area contributed by atoms with Crippen molar-refractivity contribution in [2.24, 2.45) is 0 Å². The summed E-state index contributed by atoms with van der Waals surface area (Å²) in [6, 6.07) is 5.09. The highest BCUT2D eigenvalue weighted by Crippen LogP contribution is 2.21. The predicted molar refractivity (Wildman–Crippen MR) is 59.0 cm³/mol. The van der Waals surface area contributed by atoms with E-state index in [4.69, 9.17) is 4.74 Å². The van der Waals surface area contributed by atoms with Crippen molar-refractivity contribution in [3.05, 3.63) is 23.8 Å². The Hall–Kier alpha value is -1.53. The Morgan fingerprint density at radius 2 is 2.44 bits per heavy atom. The first-order valence-corrected chi connectivity index (χ1v) is 5.56. The molecular weight excluding hydrogens is 228 g/mol. The minimum Gasteiger partial charge on any atom is -0.464 e. The lowest BCUT2D eigenvalue weighted by Crippen LogP contribution is -2.15. The van der Waals surface area contributed by atoms with Gasteiger partial charge in [0.25, 0.3) is 0 Å². The van der Waals surface area contributed by atoms with E-state index in [0.717, 1.165) is 4.70 Å². The van der Waals surface area contributed by atoms with Crippen LogP contribution in [0.3, 0.4) is 0 Å². The first-order chi connectivity index (χ1) is 7.72. The number of carbonyl (C=O) groups is 1. The minimum absolute atomic E-state index is 0.246. The average molecular weight is 238 g/mol. The Morgan fingerprint density at radius 3 is 3.19 bits per heavy atom. The van der Waals surface area contributed by atoms with Gasteiger partial charge in [-0.3, -0.25) is 0 Å². The van der Waals surface area contributed by atoms with Crippen molar-refractivity contribution < 1.29 is 14.6 Å². The van der Waals surface area contributed by atoms with Crippen molar-refractivity contribution in [1.29, 1.82) is 0 Å². The van der Waals surface area contributed by atoms with Crippen molar-refractivity contribution in [2.75, 3.05) is 6.61 Å². The van der Waals surface area contributed by atoms with Gasteiger partial charge in [-0.15, -0.1) is 5.10 Å². The third-order valence-electron chi connectivity index (χ3n) is 2.10. The van der Waals surface area contributed by atoms with Crippen LogP contribution in [0.2, 0.25) is 0 Å². The zero-order valence-electron chi connectivity index (χ0n) is 8.58. The standard InChI is InChI=1S/C10H10N2O3S/c1-2-15-10(14)9(13)6-3-4-8-7(5-6)11-12-16-8/h3-5,9,13H,2H2,1H3. The molecule has 0 fully saturated rings. The largest absolute Gasteiger partial charge is 0.464 e. The van der Waals surface area contributed by atoms with E-state index in [1.54, 1.807) is 25.1 Å². The maximum absolute atomic E-state index is 11.3. The maximum Gasteiger partial charge on any atom is 0.339 e. The van der Waals surface area contributed by atoms with Gasteiger partial charge in [-0.05, 0) is 36.2 Å². The zero-order valence-corrected chi connectivity index (χ0v) is 9.40. The SMILES string of the molecule is CCOC(=O)C(O)c1ccc2snnc2c1. The fraction of sp³-hybridized carbons (Fsp3) is 0.300. The van der Waals surface area contributed by atoms with Crippen molar-refractivity contribution in [1.82, 2.24) is 9.59 Å². The highest BCUT2D eigenvalue weighted by atomic mass is 32.1.